The fourth-order valence-electron chi connectivity index (χ4n) is 1.04. The SMILES string of the molecule is c1snnc1CCCc1csnn1. The highest BCUT2D eigenvalue weighted by Crippen LogP contribution is 2.06. The van der Waals surface area contributed by atoms with E-state index in [2.05, 4.69) is 19.2 Å². The van der Waals surface area contributed by atoms with Crippen LogP contribution >= 0.6 is 23.1 Å². The lowest BCUT2D eigenvalue weighted by atomic mass is 10.2. The fraction of sp³-hybridized carbons (Fsp3) is 0.429. The van der Waals surface area contributed by atoms with E-state index >= 15 is 0 Å². The van der Waals surface area contributed by atoms with Crippen LogP contribution in [0.2, 0.25) is 0 Å². The summed E-state index contributed by atoms with van der Waals surface area (Å²) in [5.74, 6) is 0. The third kappa shape index (κ3) is 2.53. The molecule has 2 rings (SSSR count). The molecule has 0 aliphatic carbocycles. The highest BCUT2D eigenvalue weighted by atomic mass is 32.1. The van der Waals surface area contributed by atoms with Gasteiger partial charge < -0.3 is 0 Å². The minimum absolute atomic E-state index is 0.980. The van der Waals surface area contributed by atoms with Crippen LogP contribution in [-0.4, -0.2) is 19.2 Å². The lowest BCUT2D eigenvalue weighted by Crippen LogP contribution is -1.90. The topological polar surface area (TPSA) is 51.6 Å². The Morgan fingerprint density at radius 1 is 0.923 bits per heavy atom. The Morgan fingerprint density at radius 2 is 1.46 bits per heavy atom. The lowest BCUT2D eigenvalue weighted by molar-refractivity contribution is 0.773. The first-order valence-electron chi connectivity index (χ1n) is 3.97. The van der Waals surface area contributed by atoms with Crippen LogP contribution in [0.15, 0.2) is 10.8 Å². The summed E-state index contributed by atoms with van der Waals surface area (Å²) in [6.45, 7) is 0. The van der Waals surface area contributed by atoms with E-state index in [1.165, 1.54) is 23.1 Å². The van der Waals surface area contributed by atoms with Gasteiger partial charge >= 0.3 is 0 Å². The van der Waals surface area contributed by atoms with E-state index in [4.69, 9.17) is 0 Å². The average molecular weight is 212 g/mol. The van der Waals surface area contributed by atoms with Crippen molar-refractivity contribution in [3.8, 4) is 0 Å². The molecule has 0 bridgehead atoms. The number of aromatic nitrogens is 4. The molecule has 0 aromatic carbocycles. The molecule has 0 N–H and O–H groups in total. The average Bonchev–Trinajstić information content (AvgIpc) is 2.75. The minimum atomic E-state index is 0.980. The molecule has 2 heterocycles. The first-order valence-corrected chi connectivity index (χ1v) is 5.64. The van der Waals surface area contributed by atoms with Gasteiger partial charge in [0, 0.05) is 10.8 Å². The van der Waals surface area contributed by atoms with Crippen LogP contribution in [-0.2, 0) is 12.8 Å². The quantitative estimate of drug-likeness (QED) is 0.772. The van der Waals surface area contributed by atoms with Gasteiger partial charge in [-0.1, -0.05) is 8.98 Å². The van der Waals surface area contributed by atoms with Crippen molar-refractivity contribution >= 4 is 23.1 Å². The number of hydrogen-bond acceptors (Lipinski definition) is 6. The maximum Gasteiger partial charge on any atom is 0.0755 e. The molecular weight excluding hydrogens is 204 g/mol. The summed E-state index contributed by atoms with van der Waals surface area (Å²) in [5, 5.41) is 11.9. The number of rotatable bonds is 4. The molecule has 2 aromatic rings. The molecule has 68 valence electrons. The first kappa shape index (κ1) is 8.71. The smallest absolute Gasteiger partial charge is 0.0755 e. The standard InChI is InChI=1S/C7H8N4S2/c1(2-6-4-12-10-8-6)3-7-5-13-11-9-7/h4-5H,1-3H2. The molecule has 0 aliphatic rings. The van der Waals surface area contributed by atoms with Crippen molar-refractivity contribution in [2.75, 3.05) is 0 Å². The van der Waals surface area contributed by atoms with Crippen LogP contribution in [0.3, 0.4) is 0 Å². The van der Waals surface area contributed by atoms with Crippen LogP contribution in [0.5, 0.6) is 0 Å². The van der Waals surface area contributed by atoms with E-state index < -0.39 is 0 Å². The molecule has 0 unspecified atom stereocenters. The lowest BCUT2D eigenvalue weighted by Gasteiger charge is -1.92. The number of nitrogens with zero attached hydrogens (tertiary/aromatic N) is 4. The van der Waals surface area contributed by atoms with Gasteiger partial charge in [-0.15, -0.1) is 10.2 Å². The zero-order valence-corrected chi connectivity index (χ0v) is 8.51. The molecule has 2 aromatic heterocycles. The van der Waals surface area contributed by atoms with Crippen LogP contribution in [0.25, 0.3) is 0 Å². The van der Waals surface area contributed by atoms with Crippen LogP contribution in [0.4, 0.5) is 0 Å². The fourth-order valence-corrected chi connectivity index (χ4v) is 2.01. The Hall–Kier alpha value is -0.880. The Labute approximate surface area is 84.0 Å². The van der Waals surface area contributed by atoms with Gasteiger partial charge in [-0.05, 0) is 42.3 Å². The second-order valence-electron chi connectivity index (χ2n) is 2.65. The molecule has 0 radical (unpaired) electrons. The minimum Gasteiger partial charge on any atom is -0.143 e. The van der Waals surface area contributed by atoms with Gasteiger partial charge in [-0.2, -0.15) is 0 Å². The van der Waals surface area contributed by atoms with E-state index in [0.29, 0.717) is 0 Å². The Bertz CT molecular complexity index is 295. The van der Waals surface area contributed by atoms with Crippen molar-refractivity contribution in [3.63, 3.8) is 0 Å². The molecule has 0 saturated heterocycles. The summed E-state index contributed by atoms with van der Waals surface area (Å²) in [6, 6.07) is 0. The van der Waals surface area contributed by atoms with Crippen LogP contribution < -0.4 is 0 Å². The molecule has 0 atom stereocenters. The number of aryl methyl sites for hydroxylation is 2. The molecule has 4 nitrogen and oxygen atoms in total. The van der Waals surface area contributed by atoms with E-state index in [1.54, 1.807) is 0 Å². The summed E-state index contributed by atoms with van der Waals surface area (Å²) >= 11 is 2.80. The second kappa shape index (κ2) is 4.38. The maximum atomic E-state index is 3.97. The van der Waals surface area contributed by atoms with E-state index in [0.717, 1.165) is 30.7 Å². The van der Waals surface area contributed by atoms with Gasteiger partial charge in [0.05, 0.1) is 11.4 Å². The summed E-state index contributed by atoms with van der Waals surface area (Å²) in [6.07, 6.45) is 3.03. The van der Waals surface area contributed by atoms with Crippen LogP contribution in [0.1, 0.15) is 17.8 Å². The molecular formula is C7H8N4S2. The molecule has 0 amide bonds. The van der Waals surface area contributed by atoms with Gasteiger partial charge in [-0.3, -0.25) is 0 Å². The van der Waals surface area contributed by atoms with Crippen molar-refractivity contribution in [1.82, 2.24) is 19.2 Å². The van der Waals surface area contributed by atoms with Gasteiger partial charge in [0.25, 0.3) is 0 Å². The maximum absolute atomic E-state index is 3.97. The summed E-state index contributed by atoms with van der Waals surface area (Å²) < 4.78 is 7.61. The monoisotopic (exact) mass is 212 g/mol. The van der Waals surface area contributed by atoms with E-state index in [-0.39, 0.29) is 0 Å². The predicted molar refractivity (Wildman–Crippen MR) is 51.8 cm³/mol. The molecule has 0 fully saturated rings. The van der Waals surface area contributed by atoms with Crippen molar-refractivity contribution in [2.24, 2.45) is 0 Å². The number of hydrogen-bond donors (Lipinski definition) is 0. The summed E-state index contributed by atoms with van der Waals surface area (Å²) in [4.78, 5) is 0. The van der Waals surface area contributed by atoms with Crippen LogP contribution in [0, 0.1) is 0 Å². The highest BCUT2D eigenvalue weighted by Gasteiger charge is 1.99. The Balaban J connectivity index is 1.76. The van der Waals surface area contributed by atoms with Gasteiger partial charge in [0.2, 0.25) is 0 Å². The highest BCUT2D eigenvalue weighted by molar-refractivity contribution is 7.03. The van der Waals surface area contributed by atoms with E-state index in [1.807, 2.05) is 10.8 Å². The van der Waals surface area contributed by atoms with Crippen molar-refractivity contribution in [2.45, 2.75) is 19.3 Å². The van der Waals surface area contributed by atoms with Crippen molar-refractivity contribution in [3.05, 3.63) is 22.1 Å². The summed E-state index contributed by atoms with van der Waals surface area (Å²) in [7, 11) is 0. The van der Waals surface area contributed by atoms with E-state index in [9.17, 15) is 0 Å². The Kier molecular flexibility index (Phi) is 2.94. The normalized spacial score (nSPS) is 10.5. The zero-order valence-electron chi connectivity index (χ0n) is 6.88. The molecule has 0 spiro atoms. The predicted octanol–water partition coefficient (Wildman–Crippen LogP) is 1.56. The summed E-state index contributed by atoms with van der Waals surface area (Å²) in [5.41, 5.74) is 2.15. The second-order valence-corrected chi connectivity index (χ2v) is 3.87. The zero-order chi connectivity index (χ0) is 8.93. The first-order chi connectivity index (χ1) is 6.45. The van der Waals surface area contributed by atoms with Gasteiger partial charge in [0.1, 0.15) is 0 Å². The largest absolute Gasteiger partial charge is 0.143 e. The molecule has 6 heteroatoms. The molecule has 0 saturated carbocycles. The van der Waals surface area contributed by atoms with Crippen molar-refractivity contribution in [1.29, 1.82) is 0 Å². The third-order valence-electron chi connectivity index (χ3n) is 1.68. The molecule has 0 aliphatic heterocycles. The van der Waals surface area contributed by atoms with Gasteiger partial charge in [-0.25, -0.2) is 0 Å². The molecule has 13 heavy (non-hydrogen) atoms. The third-order valence-corrected chi connectivity index (χ3v) is 2.78. The Morgan fingerprint density at radius 3 is 1.85 bits per heavy atom. The van der Waals surface area contributed by atoms with Gasteiger partial charge in [0.15, 0.2) is 0 Å². The van der Waals surface area contributed by atoms with Crippen molar-refractivity contribution < 1.29 is 0 Å².